The lowest BCUT2D eigenvalue weighted by atomic mass is 9.84. The summed E-state index contributed by atoms with van der Waals surface area (Å²) in [6.07, 6.45) is 5.06. The van der Waals surface area contributed by atoms with Gasteiger partial charge in [-0.3, -0.25) is 0 Å². The van der Waals surface area contributed by atoms with Gasteiger partial charge in [-0.2, -0.15) is 0 Å². The molecule has 2 rings (SSSR count). The molecule has 2 N–H and O–H groups in total. The minimum absolute atomic E-state index is 0.134. The molecule has 0 heterocycles. The van der Waals surface area contributed by atoms with E-state index < -0.39 is 11.6 Å². The highest BCUT2D eigenvalue weighted by molar-refractivity contribution is 5.87. The lowest BCUT2D eigenvalue weighted by molar-refractivity contribution is -0.134. The minimum atomic E-state index is -1.00. The van der Waals surface area contributed by atoms with E-state index in [1.165, 1.54) is 0 Å². The maximum absolute atomic E-state index is 10.7. The van der Waals surface area contributed by atoms with Crippen LogP contribution in [-0.4, -0.2) is 21.8 Å². The van der Waals surface area contributed by atoms with Gasteiger partial charge < -0.3 is 10.2 Å². The molecule has 3 atom stereocenters. The topological polar surface area (TPSA) is 57.5 Å². The summed E-state index contributed by atoms with van der Waals surface area (Å²) >= 11 is 0. The van der Waals surface area contributed by atoms with E-state index in [1.807, 2.05) is 6.08 Å². The van der Waals surface area contributed by atoms with Gasteiger partial charge in [-0.25, -0.2) is 4.79 Å². The van der Waals surface area contributed by atoms with Crippen LogP contribution in [0.25, 0.3) is 0 Å². The lowest BCUT2D eigenvalue weighted by Crippen LogP contribution is -2.33. The number of carboxylic acid groups (broad SMARTS) is 1. The van der Waals surface area contributed by atoms with Crippen LogP contribution in [0.15, 0.2) is 24.3 Å². The second-order valence-electron chi connectivity index (χ2n) is 3.93. The molecule has 3 nitrogen and oxygen atoms in total. The molecule has 70 valence electrons. The Morgan fingerprint density at radius 2 is 2.31 bits per heavy atom. The SMILES string of the molecule is C=C(C(=O)O)C1CC2C=CC1(O)C2. The summed E-state index contributed by atoms with van der Waals surface area (Å²) in [5, 5.41) is 18.8. The molecule has 0 amide bonds. The molecule has 0 spiro atoms. The summed E-state index contributed by atoms with van der Waals surface area (Å²) < 4.78 is 0. The Morgan fingerprint density at radius 1 is 1.62 bits per heavy atom. The van der Waals surface area contributed by atoms with Gasteiger partial charge in [-0.05, 0) is 18.8 Å². The first-order valence-corrected chi connectivity index (χ1v) is 4.37. The average Bonchev–Trinajstić information content (AvgIpc) is 2.57. The van der Waals surface area contributed by atoms with Crippen molar-refractivity contribution in [2.24, 2.45) is 11.8 Å². The number of aliphatic carboxylic acids is 1. The number of allylic oxidation sites excluding steroid dienone is 1. The number of carbonyl (C=O) groups is 1. The Balaban J connectivity index is 2.24. The van der Waals surface area contributed by atoms with Gasteiger partial charge >= 0.3 is 5.97 Å². The first-order valence-electron chi connectivity index (χ1n) is 4.37. The first kappa shape index (κ1) is 8.51. The van der Waals surface area contributed by atoms with Gasteiger partial charge in [-0.15, -0.1) is 0 Å². The predicted octanol–water partition coefficient (Wildman–Crippen LogP) is 0.954. The Hall–Kier alpha value is -1.09. The van der Waals surface area contributed by atoms with Crippen molar-refractivity contribution in [1.29, 1.82) is 0 Å². The zero-order valence-corrected chi connectivity index (χ0v) is 7.23. The third-order valence-electron chi connectivity index (χ3n) is 3.08. The fourth-order valence-corrected chi connectivity index (χ4v) is 2.38. The van der Waals surface area contributed by atoms with E-state index in [0.717, 1.165) is 6.42 Å². The second kappa shape index (κ2) is 2.45. The second-order valence-corrected chi connectivity index (χ2v) is 3.93. The third-order valence-corrected chi connectivity index (χ3v) is 3.08. The Labute approximate surface area is 76.4 Å². The van der Waals surface area contributed by atoms with Gasteiger partial charge in [0.05, 0.1) is 5.60 Å². The van der Waals surface area contributed by atoms with Crippen molar-refractivity contribution in [3.05, 3.63) is 24.3 Å². The minimum Gasteiger partial charge on any atom is -0.478 e. The van der Waals surface area contributed by atoms with E-state index in [2.05, 4.69) is 6.58 Å². The van der Waals surface area contributed by atoms with Gasteiger partial charge in [0.1, 0.15) is 0 Å². The largest absolute Gasteiger partial charge is 0.478 e. The molecule has 0 aromatic heterocycles. The number of hydrogen-bond donors (Lipinski definition) is 2. The molecule has 0 aliphatic heterocycles. The highest BCUT2D eigenvalue weighted by Gasteiger charge is 2.49. The summed E-state index contributed by atoms with van der Waals surface area (Å²) in [4.78, 5) is 10.7. The van der Waals surface area contributed by atoms with E-state index in [1.54, 1.807) is 6.08 Å². The molecule has 2 bridgehead atoms. The van der Waals surface area contributed by atoms with Crippen molar-refractivity contribution >= 4 is 5.97 Å². The third kappa shape index (κ3) is 1.11. The summed E-state index contributed by atoms with van der Waals surface area (Å²) in [6.45, 7) is 3.51. The number of carboxylic acids is 1. The molecule has 3 heteroatoms. The smallest absolute Gasteiger partial charge is 0.331 e. The molecule has 0 radical (unpaired) electrons. The molecule has 13 heavy (non-hydrogen) atoms. The molecule has 0 aromatic rings. The number of rotatable bonds is 2. The first-order chi connectivity index (χ1) is 6.03. The number of aliphatic hydroxyl groups is 1. The molecule has 0 saturated heterocycles. The molecule has 2 aliphatic rings. The van der Waals surface area contributed by atoms with Gasteiger partial charge in [-0.1, -0.05) is 18.7 Å². The Morgan fingerprint density at radius 3 is 2.69 bits per heavy atom. The summed E-state index contributed by atoms with van der Waals surface area (Å²) in [7, 11) is 0. The summed E-state index contributed by atoms with van der Waals surface area (Å²) in [6, 6.07) is 0. The van der Waals surface area contributed by atoms with Crippen molar-refractivity contribution in [3.8, 4) is 0 Å². The van der Waals surface area contributed by atoms with E-state index in [-0.39, 0.29) is 11.5 Å². The number of fused-ring (bicyclic) bond motifs is 2. The summed E-state index contributed by atoms with van der Waals surface area (Å²) in [5.41, 5.74) is -0.797. The summed E-state index contributed by atoms with van der Waals surface area (Å²) in [5.74, 6) is -0.953. The quantitative estimate of drug-likeness (QED) is 0.491. The maximum Gasteiger partial charge on any atom is 0.331 e. The predicted molar refractivity (Wildman–Crippen MR) is 47.1 cm³/mol. The monoisotopic (exact) mass is 180 g/mol. The highest BCUT2D eigenvalue weighted by atomic mass is 16.4. The number of hydrogen-bond acceptors (Lipinski definition) is 2. The zero-order chi connectivity index (χ0) is 9.64. The Bertz CT molecular complexity index is 305. The van der Waals surface area contributed by atoms with Gasteiger partial charge in [0.25, 0.3) is 0 Å². The van der Waals surface area contributed by atoms with Crippen LogP contribution in [0.2, 0.25) is 0 Å². The van der Waals surface area contributed by atoms with Crippen molar-refractivity contribution < 1.29 is 15.0 Å². The van der Waals surface area contributed by atoms with E-state index in [4.69, 9.17) is 5.11 Å². The van der Waals surface area contributed by atoms with Crippen molar-refractivity contribution in [1.82, 2.24) is 0 Å². The molecule has 1 saturated carbocycles. The highest BCUT2D eigenvalue weighted by Crippen LogP contribution is 2.49. The molecule has 2 aliphatic carbocycles. The molecular formula is C10H12O3. The maximum atomic E-state index is 10.7. The fourth-order valence-electron chi connectivity index (χ4n) is 2.38. The molecule has 3 unspecified atom stereocenters. The van der Waals surface area contributed by atoms with E-state index >= 15 is 0 Å². The average molecular weight is 180 g/mol. The van der Waals surface area contributed by atoms with Gasteiger partial charge in [0, 0.05) is 11.5 Å². The van der Waals surface area contributed by atoms with E-state index in [9.17, 15) is 9.90 Å². The zero-order valence-electron chi connectivity index (χ0n) is 7.23. The van der Waals surface area contributed by atoms with Crippen molar-refractivity contribution in [2.75, 3.05) is 0 Å². The van der Waals surface area contributed by atoms with Crippen LogP contribution in [0, 0.1) is 11.8 Å². The molecule has 1 fully saturated rings. The molecule has 0 aromatic carbocycles. The van der Waals surface area contributed by atoms with Crippen LogP contribution in [0.3, 0.4) is 0 Å². The van der Waals surface area contributed by atoms with E-state index in [0.29, 0.717) is 12.3 Å². The lowest BCUT2D eigenvalue weighted by Gasteiger charge is -2.26. The van der Waals surface area contributed by atoms with Crippen LogP contribution in [0.1, 0.15) is 12.8 Å². The van der Waals surface area contributed by atoms with Crippen molar-refractivity contribution in [2.45, 2.75) is 18.4 Å². The van der Waals surface area contributed by atoms with Crippen LogP contribution in [-0.2, 0) is 4.79 Å². The van der Waals surface area contributed by atoms with Crippen LogP contribution >= 0.6 is 0 Å². The fraction of sp³-hybridized carbons (Fsp3) is 0.500. The molecular weight excluding hydrogens is 168 g/mol. The van der Waals surface area contributed by atoms with Crippen molar-refractivity contribution in [3.63, 3.8) is 0 Å². The Kier molecular flexibility index (Phi) is 1.60. The van der Waals surface area contributed by atoms with Crippen LogP contribution in [0.4, 0.5) is 0 Å². The van der Waals surface area contributed by atoms with Crippen LogP contribution in [0.5, 0.6) is 0 Å². The van der Waals surface area contributed by atoms with Crippen LogP contribution < -0.4 is 0 Å². The normalized spacial score (nSPS) is 41.0. The van der Waals surface area contributed by atoms with Gasteiger partial charge in [0.2, 0.25) is 0 Å². The van der Waals surface area contributed by atoms with Gasteiger partial charge in [0.15, 0.2) is 0 Å². The standard InChI is InChI=1S/C10H12O3/c1-6(9(11)12)8-4-7-2-3-10(8,13)5-7/h2-3,7-8,13H,1,4-5H2,(H,11,12).